The maximum Gasteiger partial charge on any atom is 0.166 e. The Kier molecular flexibility index (Phi) is 3.25. The van der Waals surface area contributed by atoms with Crippen molar-refractivity contribution in [2.24, 2.45) is 0 Å². The van der Waals surface area contributed by atoms with Gasteiger partial charge in [0.05, 0.1) is 5.69 Å². The van der Waals surface area contributed by atoms with Gasteiger partial charge in [-0.2, -0.15) is 0 Å². The lowest BCUT2D eigenvalue weighted by Gasteiger charge is -2.01. The normalized spacial score (nSPS) is 11.3. The zero-order valence-corrected chi connectivity index (χ0v) is 10.6. The van der Waals surface area contributed by atoms with Crippen LogP contribution in [0.1, 0.15) is 11.3 Å². The summed E-state index contributed by atoms with van der Waals surface area (Å²) >= 11 is 0. The Labute approximate surface area is 115 Å². The van der Waals surface area contributed by atoms with Crippen LogP contribution in [0.5, 0.6) is 0 Å². The van der Waals surface area contributed by atoms with Crippen LogP contribution in [0.2, 0.25) is 0 Å². The monoisotopic (exact) mass is 267 g/mol. The highest BCUT2D eigenvalue weighted by molar-refractivity contribution is 5.91. The molecule has 0 fully saturated rings. The number of nitrogens with zero attached hydrogens (tertiary/aromatic N) is 1. The third-order valence-electron chi connectivity index (χ3n) is 3.11. The van der Waals surface area contributed by atoms with Crippen LogP contribution in [0, 0.1) is 11.6 Å². The number of fused-ring (bicyclic) bond motifs is 1. The third kappa shape index (κ3) is 2.30. The fourth-order valence-corrected chi connectivity index (χ4v) is 2.09. The first-order valence-corrected chi connectivity index (χ1v) is 6.21. The Morgan fingerprint density at radius 2 is 1.70 bits per heavy atom. The summed E-state index contributed by atoms with van der Waals surface area (Å²) < 4.78 is 26.7. The summed E-state index contributed by atoms with van der Waals surface area (Å²) in [4.78, 5) is 4.27. The molecule has 3 aromatic rings. The molecule has 1 nitrogen and oxygen atoms in total. The van der Waals surface area contributed by atoms with Crippen LogP contribution in [0.4, 0.5) is 8.78 Å². The van der Waals surface area contributed by atoms with Crippen LogP contribution in [0.25, 0.3) is 22.9 Å². The minimum Gasteiger partial charge on any atom is -0.256 e. The van der Waals surface area contributed by atoms with Gasteiger partial charge in [-0.1, -0.05) is 36.4 Å². The quantitative estimate of drug-likeness (QED) is 0.656. The van der Waals surface area contributed by atoms with Gasteiger partial charge in [0.2, 0.25) is 0 Å². The van der Waals surface area contributed by atoms with Gasteiger partial charge in [-0.05, 0) is 29.7 Å². The summed E-state index contributed by atoms with van der Waals surface area (Å²) in [6.45, 7) is 0. The average molecular weight is 267 g/mol. The number of halogens is 2. The highest BCUT2D eigenvalue weighted by atomic mass is 19.2. The van der Waals surface area contributed by atoms with Gasteiger partial charge in [0, 0.05) is 17.1 Å². The van der Waals surface area contributed by atoms with E-state index in [-0.39, 0.29) is 5.56 Å². The second-order valence-corrected chi connectivity index (χ2v) is 4.39. The molecule has 0 radical (unpaired) electrons. The maximum absolute atomic E-state index is 13.6. The van der Waals surface area contributed by atoms with Crippen molar-refractivity contribution >= 4 is 22.9 Å². The van der Waals surface area contributed by atoms with E-state index < -0.39 is 11.6 Å². The minimum atomic E-state index is -0.849. The Bertz CT molecular complexity index is 789. The molecular weight excluding hydrogens is 256 g/mol. The molecule has 98 valence electrons. The lowest BCUT2D eigenvalue weighted by atomic mass is 10.1. The van der Waals surface area contributed by atoms with E-state index in [2.05, 4.69) is 4.98 Å². The van der Waals surface area contributed by atoms with E-state index in [4.69, 9.17) is 0 Å². The van der Waals surface area contributed by atoms with E-state index in [1.54, 1.807) is 12.3 Å². The van der Waals surface area contributed by atoms with Gasteiger partial charge in [0.25, 0.3) is 0 Å². The molecule has 0 aliphatic carbocycles. The van der Waals surface area contributed by atoms with Crippen LogP contribution < -0.4 is 0 Å². The standard InChI is InChI=1S/C17H11F2N/c18-15-7-3-5-13(17(15)19)8-9-16-14-6-2-1-4-12(14)10-11-20-16/h1-11H. The fraction of sp³-hybridized carbons (Fsp3) is 0. The summed E-state index contributed by atoms with van der Waals surface area (Å²) in [6, 6.07) is 13.8. The average Bonchev–Trinajstić information content (AvgIpc) is 2.49. The molecule has 0 spiro atoms. The molecule has 0 atom stereocenters. The van der Waals surface area contributed by atoms with Crippen LogP contribution >= 0.6 is 0 Å². The number of hydrogen-bond donors (Lipinski definition) is 0. The molecule has 0 aliphatic rings. The highest BCUT2D eigenvalue weighted by Crippen LogP contribution is 2.19. The van der Waals surface area contributed by atoms with Crippen molar-refractivity contribution in [3.63, 3.8) is 0 Å². The number of pyridine rings is 1. The highest BCUT2D eigenvalue weighted by Gasteiger charge is 2.04. The first-order valence-electron chi connectivity index (χ1n) is 6.21. The largest absolute Gasteiger partial charge is 0.256 e. The van der Waals surface area contributed by atoms with Crippen molar-refractivity contribution < 1.29 is 8.78 Å². The zero-order chi connectivity index (χ0) is 13.9. The van der Waals surface area contributed by atoms with Gasteiger partial charge in [0.15, 0.2) is 11.6 Å². The Hall–Kier alpha value is -2.55. The summed E-state index contributed by atoms with van der Waals surface area (Å²) in [7, 11) is 0. The van der Waals surface area contributed by atoms with E-state index in [0.717, 1.165) is 22.5 Å². The zero-order valence-electron chi connectivity index (χ0n) is 10.6. The maximum atomic E-state index is 13.6. The summed E-state index contributed by atoms with van der Waals surface area (Å²) in [5.74, 6) is -1.69. The van der Waals surface area contributed by atoms with Gasteiger partial charge < -0.3 is 0 Å². The molecule has 0 N–H and O–H groups in total. The summed E-state index contributed by atoms with van der Waals surface area (Å²) in [5.41, 5.74) is 0.937. The van der Waals surface area contributed by atoms with Crippen LogP contribution in [-0.2, 0) is 0 Å². The molecule has 1 aromatic heterocycles. The van der Waals surface area contributed by atoms with Crippen LogP contribution in [0.15, 0.2) is 54.7 Å². The molecule has 0 saturated heterocycles. The number of aromatic nitrogens is 1. The first-order chi connectivity index (χ1) is 9.75. The van der Waals surface area contributed by atoms with Gasteiger partial charge in [-0.3, -0.25) is 4.98 Å². The Morgan fingerprint density at radius 1 is 0.850 bits per heavy atom. The van der Waals surface area contributed by atoms with E-state index in [1.807, 2.05) is 30.3 Å². The second kappa shape index (κ2) is 5.21. The van der Waals surface area contributed by atoms with E-state index in [1.165, 1.54) is 18.2 Å². The molecule has 3 heteroatoms. The van der Waals surface area contributed by atoms with Gasteiger partial charge >= 0.3 is 0 Å². The predicted molar refractivity (Wildman–Crippen MR) is 77.0 cm³/mol. The molecule has 2 aromatic carbocycles. The molecule has 0 aliphatic heterocycles. The van der Waals surface area contributed by atoms with Crippen molar-refractivity contribution in [3.8, 4) is 0 Å². The molecule has 0 bridgehead atoms. The van der Waals surface area contributed by atoms with Crippen molar-refractivity contribution in [1.82, 2.24) is 4.98 Å². The van der Waals surface area contributed by atoms with Crippen LogP contribution in [-0.4, -0.2) is 4.98 Å². The van der Waals surface area contributed by atoms with Crippen molar-refractivity contribution in [2.45, 2.75) is 0 Å². The topological polar surface area (TPSA) is 12.9 Å². The van der Waals surface area contributed by atoms with Crippen molar-refractivity contribution in [2.75, 3.05) is 0 Å². The van der Waals surface area contributed by atoms with Crippen molar-refractivity contribution in [3.05, 3.63) is 77.6 Å². The molecule has 0 unspecified atom stereocenters. The molecular formula is C17H11F2N. The molecule has 0 saturated carbocycles. The second-order valence-electron chi connectivity index (χ2n) is 4.39. The smallest absolute Gasteiger partial charge is 0.166 e. The first kappa shape index (κ1) is 12.5. The summed E-state index contributed by atoms with van der Waals surface area (Å²) in [6.07, 6.45) is 4.93. The number of rotatable bonds is 2. The number of hydrogen-bond acceptors (Lipinski definition) is 1. The molecule has 20 heavy (non-hydrogen) atoms. The lowest BCUT2D eigenvalue weighted by molar-refractivity contribution is 0.507. The van der Waals surface area contributed by atoms with E-state index in [9.17, 15) is 8.78 Å². The third-order valence-corrected chi connectivity index (χ3v) is 3.11. The summed E-state index contributed by atoms with van der Waals surface area (Å²) in [5, 5.41) is 2.03. The molecule has 1 heterocycles. The van der Waals surface area contributed by atoms with Crippen molar-refractivity contribution in [1.29, 1.82) is 0 Å². The van der Waals surface area contributed by atoms with Crippen LogP contribution in [0.3, 0.4) is 0 Å². The van der Waals surface area contributed by atoms with Gasteiger partial charge in [-0.25, -0.2) is 8.78 Å². The van der Waals surface area contributed by atoms with Gasteiger partial charge in [0.1, 0.15) is 0 Å². The lowest BCUT2D eigenvalue weighted by Crippen LogP contribution is -1.88. The van der Waals surface area contributed by atoms with Gasteiger partial charge in [-0.15, -0.1) is 0 Å². The molecule has 0 amide bonds. The number of benzene rings is 2. The molecule has 3 rings (SSSR count). The Balaban J connectivity index is 2.05. The Morgan fingerprint density at radius 3 is 2.60 bits per heavy atom. The van der Waals surface area contributed by atoms with E-state index >= 15 is 0 Å². The SMILES string of the molecule is Fc1cccc(C=Cc2nccc3ccccc23)c1F. The van der Waals surface area contributed by atoms with E-state index in [0.29, 0.717) is 0 Å². The fourth-order valence-electron chi connectivity index (χ4n) is 2.09. The minimum absolute atomic E-state index is 0.208. The predicted octanol–water partition coefficient (Wildman–Crippen LogP) is 4.68.